The number of ether oxygens (including phenoxy) is 1. The van der Waals surface area contributed by atoms with Crippen LogP contribution in [0.25, 0.3) is 0 Å². The molecule has 6 atom stereocenters. The summed E-state index contributed by atoms with van der Waals surface area (Å²) >= 11 is 0. The number of nitrogens with zero attached hydrogens (tertiary/aromatic N) is 2. The van der Waals surface area contributed by atoms with Crippen molar-refractivity contribution in [2.75, 3.05) is 11.5 Å². The van der Waals surface area contributed by atoms with Gasteiger partial charge in [-0.2, -0.15) is 22.0 Å². The van der Waals surface area contributed by atoms with Gasteiger partial charge in [0.25, 0.3) is 0 Å². The second-order valence-electron chi connectivity index (χ2n) is 14.3. The third kappa shape index (κ3) is 6.66. The van der Waals surface area contributed by atoms with Crippen molar-refractivity contribution in [2.24, 2.45) is 23.2 Å². The highest BCUT2D eigenvalue weighted by molar-refractivity contribution is 7.84. The molecular formula is C36H43F5N2O4S. The smallest absolute Gasteiger partial charge is 0.410 e. The van der Waals surface area contributed by atoms with Crippen molar-refractivity contribution in [3.05, 3.63) is 58.4 Å². The zero-order valence-electron chi connectivity index (χ0n) is 27.4. The molecule has 2 aromatic rings. The molecule has 1 aromatic heterocycles. The van der Waals surface area contributed by atoms with E-state index >= 15 is 0 Å². The van der Waals surface area contributed by atoms with Gasteiger partial charge in [-0.05, 0) is 109 Å². The molecular weight excluding hydrogens is 651 g/mol. The molecule has 0 saturated heterocycles. The third-order valence-corrected chi connectivity index (χ3v) is 13.0. The third-order valence-electron chi connectivity index (χ3n) is 11.5. The first kappa shape index (κ1) is 35.0. The number of hydrogen-bond acceptors (Lipinski definition) is 5. The molecule has 0 radical (unpaired) electrons. The van der Waals surface area contributed by atoms with E-state index in [1.54, 1.807) is 11.1 Å². The highest BCUT2D eigenvalue weighted by Crippen LogP contribution is 2.62. The first-order chi connectivity index (χ1) is 22.7. The number of amides is 1. The molecule has 12 heteroatoms. The lowest BCUT2D eigenvalue weighted by atomic mass is 9.52. The number of rotatable bonds is 10. The Labute approximate surface area is 280 Å². The van der Waals surface area contributed by atoms with Crippen LogP contribution in [0.4, 0.5) is 26.7 Å². The molecule has 4 aliphatic rings. The summed E-state index contributed by atoms with van der Waals surface area (Å²) in [5, 5.41) is 0. The van der Waals surface area contributed by atoms with Crippen LogP contribution in [0.5, 0.6) is 5.75 Å². The minimum atomic E-state index is -5.61. The summed E-state index contributed by atoms with van der Waals surface area (Å²) in [5.74, 6) is -3.03. The summed E-state index contributed by atoms with van der Waals surface area (Å²) in [6.07, 6.45) is -0.433. The summed E-state index contributed by atoms with van der Waals surface area (Å²) in [7, 11) is -1.51. The van der Waals surface area contributed by atoms with Gasteiger partial charge in [0.2, 0.25) is 0 Å². The van der Waals surface area contributed by atoms with Crippen molar-refractivity contribution in [1.82, 2.24) is 9.88 Å². The molecule has 0 spiro atoms. The number of fused-ring (bicyclic) bond motifs is 6. The molecule has 6 rings (SSSR count). The molecule has 1 amide bonds. The van der Waals surface area contributed by atoms with Gasteiger partial charge in [0.1, 0.15) is 11.5 Å². The van der Waals surface area contributed by atoms with Crippen LogP contribution in [0.3, 0.4) is 0 Å². The second kappa shape index (κ2) is 13.4. The number of hydrogen-bond donors (Lipinski definition) is 0. The molecule has 1 aromatic carbocycles. The second-order valence-corrected chi connectivity index (χ2v) is 16.0. The van der Waals surface area contributed by atoms with Gasteiger partial charge in [0.15, 0.2) is 0 Å². The monoisotopic (exact) mass is 694 g/mol. The van der Waals surface area contributed by atoms with E-state index in [2.05, 4.69) is 18.0 Å². The van der Waals surface area contributed by atoms with Crippen molar-refractivity contribution < 1.29 is 40.5 Å². The number of aromatic nitrogens is 1. The zero-order chi connectivity index (χ0) is 34.4. The Hall–Kier alpha value is -2.89. The van der Waals surface area contributed by atoms with Crippen molar-refractivity contribution in [3.63, 3.8) is 0 Å². The Bertz CT molecular complexity index is 1560. The highest BCUT2D eigenvalue weighted by Gasteiger charge is 2.57. The number of aryl methyl sites for hydroxylation is 1. The van der Waals surface area contributed by atoms with Crippen molar-refractivity contribution in [2.45, 2.75) is 109 Å². The van der Waals surface area contributed by atoms with Gasteiger partial charge in [-0.1, -0.05) is 26.0 Å². The van der Waals surface area contributed by atoms with Crippen LogP contribution >= 0.6 is 0 Å². The topological polar surface area (TPSA) is 76.6 Å². The Balaban J connectivity index is 1.18. The van der Waals surface area contributed by atoms with E-state index in [0.29, 0.717) is 56.7 Å². The standard InChI is InChI=1S/C36H43F5N2O4S/c1-3-22-18-27-25(19-30(22)47-33(45)43-20-24-7-4-14-42-29(24)21-43)17-23(32-26(27)11-13-34(2)28(32)9-10-31(34)44)8-5-15-48(46)16-6-12-35(37,38)36(39,40)41/h4,7,14,18-19,23,26,28,32H,3,5-6,8-13,15-17,20-21H2,1-2H3/t23-,26-,28+,32-,34+,48?/m1/s1. The van der Waals surface area contributed by atoms with Gasteiger partial charge < -0.3 is 4.74 Å². The molecule has 3 aliphatic carbocycles. The minimum absolute atomic E-state index is 0.166. The summed E-state index contributed by atoms with van der Waals surface area (Å²) in [5.41, 5.74) is 4.81. The van der Waals surface area contributed by atoms with Crippen molar-refractivity contribution in [1.29, 1.82) is 0 Å². The number of halogens is 5. The lowest BCUT2D eigenvalue weighted by Gasteiger charge is -2.52. The number of carbonyl (C=O) groups is 2. The molecule has 6 nitrogen and oxygen atoms in total. The van der Waals surface area contributed by atoms with Crippen molar-refractivity contribution >= 4 is 22.7 Å². The molecule has 0 N–H and O–H groups in total. The van der Waals surface area contributed by atoms with Crippen LogP contribution in [-0.4, -0.2) is 49.6 Å². The van der Waals surface area contributed by atoms with Gasteiger partial charge in [-0.25, -0.2) is 4.79 Å². The van der Waals surface area contributed by atoms with Crippen LogP contribution in [-0.2, 0) is 41.5 Å². The van der Waals surface area contributed by atoms with Gasteiger partial charge in [0, 0.05) is 46.8 Å². The van der Waals surface area contributed by atoms with Crippen LogP contribution in [0.15, 0.2) is 30.5 Å². The van der Waals surface area contributed by atoms with E-state index in [1.165, 1.54) is 5.56 Å². The van der Waals surface area contributed by atoms with Crippen LogP contribution in [0.2, 0.25) is 0 Å². The van der Waals surface area contributed by atoms with Gasteiger partial charge in [0.05, 0.1) is 18.8 Å². The number of alkyl halides is 5. The summed E-state index contributed by atoms with van der Waals surface area (Å²) < 4.78 is 82.9. The Morgan fingerprint density at radius 1 is 1.10 bits per heavy atom. The highest BCUT2D eigenvalue weighted by atomic mass is 32.2. The average Bonchev–Trinajstić information content (AvgIpc) is 3.60. The molecule has 1 unspecified atom stereocenters. The fourth-order valence-electron chi connectivity index (χ4n) is 8.97. The van der Waals surface area contributed by atoms with E-state index in [0.717, 1.165) is 41.6 Å². The molecule has 2 heterocycles. The first-order valence-corrected chi connectivity index (χ1v) is 18.6. The molecule has 2 saturated carbocycles. The molecule has 2 fully saturated rings. The van der Waals surface area contributed by atoms with E-state index in [9.17, 15) is 35.8 Å². The predicted octanol–water partition coefficient (Wildman–Crippen LogP) is 8.32. The summed E-state index contributed by atoms with van der Waals surface area (Å²) in [6, 6.07) is 8.00. The summed E-state index contributed by atoms with van der Waals surface area (Å²) in [4.78, 5) is 32.4. The average molecular weight is 695 g/mol. The Morgan fingerprint density at radius 3 is 2.60 bits per heavy atom. The first-order valence-electron chi connectivity index (χ1n) is 17.1. The minimum Gasteiger partial charge on any atom is -0.410 e. The fraction of sp³-hybridized carbons (Fsp3) is 0.639. The van der Waals surface area contributed by atoms with E-state index < -0.39 is 41.8 Å². The quantitative estimate of drug-likeness (QED) is 0.234. The lowest BCUT2D eigenvalue weighted by Crippen LogP contribution is -2.46. The van der Waals surface area contributed by atoms with Crippen LogP contribution in [0, 0.1) is 23.2 Å². The van der Waals surface area contributed by atoms with E-state index in [4.69, 9.17) is 4.74 Å². The molecule has 48 heavy (non-hydrogen) atoms. The van der Waals surface area contributed by atoms with E-state index in [-0.39, 0.29) is 40.6 Å². The number of pyridine rings is 1. The maximum absolute atomic E-state index is 13.3. The van der Waals surface area contributed by atoms with Gasteiger partial charge in [-0.3, -0.25) is 18.9 Å². The maximum atomic E-state index is 13.3. The van der Waals surface area contributed by atoms with Crippen molar-refractivity contribution in [3.8, 4) is 5.75 Å². The van der Waals surface area contributed by atoms with Crippen LogP contribution in [0.1, 0.15) is 99.1 Å². The summed E-state index contributed by atoms with van der Waals surface area (Å²) in [6.45, 7) is 4.97. The molecule has 1 aliphatic heterocycles. The predicted molar refractivity (Wildman–Crippen MR) is 171 cm³/mol. The SMILES string of the molecule is CCc1cc2c(cc1OC(=O)N1Cc3cccnc3C1)C[C@@H](CCCS(=O)CCCC(F)(F)C(F)(F)F)[C@@H]1[C@@H]2CC[C@]2(C)C(=O)CC[C@@H]12. The maximum Gasteiger partial charge on any atom is 0.453 e. The number of benzene rings is 1. The largest absolute Gasteiger partial charge is 0.453 e. The molecule has 0 bridgehead atoms. The van der Waals surface area contributed by atoms with Gasteiger partial charge in [-0.15, -0.1) is 0 Å². The normalized spacial score (nSPS) is 27.2. The van der Waals surface area contributed by atoms with Crippen LogP contribution < -0.4 is 4.74 Å². The molecule has 262 valence electrons. The zero-order valence-corrected chi connectivity index (χ0v) is 28.2. The number of carbonyl (C=O) groups excluding carboxylic acids is 2. The number of Topliss-reactive ketones (excluding diaryl/α,β-unsaturated/α-hetero) is 1. The van der Waals surface area contributed by atoms with Gasteiger partial charge >= 0.3 is 18.2 Å². The number of ketones is 1. The lowest BCUT2D eigenvalue weighted by molar-refractivity contribution is -0.284. The fourth-order valence-corrected chi connectivity index (χ4v) is 10.1. The van der Waals surface area contributed by atoms with E-state index in [1.807, 2.05) is 25.1 Å². The Kier molecular flexibility index (Phi) is 9.78. The Morgan fingerprint density at radius 2 is 1.88 bits per heavy atom.